The van der Waals surface area contributed by atoms with E-state index in [2.05, 4.69) is 35.2 Å². The first-order valence-electron chi connectivity index (χ1n) is 20.7. The molecule has 5 amide bonds. The highest BCUT2D eigenvalue weighted by atomic mass is 16.5. The van der Waals surface area contributed by atoms with Crippen LogP contribution >= 0.6 is 0 Å². The number of amides is 5. The van der Waals surface area contributed by atoms with Gasteiger partial charge in [0.25, 0.3) is 29.5 Å². The molecular weight excluding hydrogens is 865 g/mol. The number of benzene rings is 5. The van der Waals surface area contributed by atoms with Gasteiger partial charge in [0.2, 0.25) is 11.9 Å². The number of nitrogens with one attached hydrogen (secondary N) is 1. The second-order valence-electron chi connectivity index (χ2n) is 14.6. The number of ether oxygens (including phenoxy) is 2. The van der Waals surface area contributed by atoms with Crippen LogP contribution in [0.2, 0.25) is 0 Å². The predicted molar refractivity (Wildman–Crippen MR) is 252 cm³/mol. The molecule has 0 aliphatic carbocycles. The first kappa shape index (κ1) is 44.8. The number of anilines is 2. The quantitative estimate of drug-likeness (QED) is 0.124. The number of aromatic nitrogens is 6. The van der Waals surface area contributed by atoms with Crippen molar-refractivity contribution in [1.29, 1.82) is 0 Å². The maximum atomic E-state index is 13.5. The summed E-state index contributed by atoms with van der Waals surface area (Å²) in [4.78, 5) is 91.5. The minimum absolute atomic E-state index is 0.0318. The van der Waals surface area contributed by atoms with Crippen molar-refractivity contribution in [3.63, 3.8) is 0 Å². The number of pyridine rings is 2. The molecule has 0 spiro atoms. The summed E-state index contributed by atoms with van der Waals surface area (Å²) in [6.45, 7) is 0. The van der Waals surface area contributed by atoms with E-state index < -0.39 is 23.6 Å². The largest absolute Gasteiger partial charge is 0.457 e. The van der Waals surface area contributed by atoms with Crippen LogP contribution in [0.3, 0.4) is 0 Å². The third-order valence-electron chi connectivity index (χ3n) is 10.00. The topological polar surface area (TPSA) is 226 Å². The van der Waals surface area contributed by atoms with E-state index >= 15 is 0 Å². The van der Waals surface area contributed by atoms with E-state index in [-0.39, 0.29) is 29.2 Å². The van der Waals surface area contributed by atoms with Crippen LogP contribution in [-0.4, -0.2) is 78.4 Å². The molecule has 0 aliphatic rings. The zero-order chi connectivity index (χ0) is 47.6. The van der Waals surface area contributed by atoms with Gasteiger partial charge in [-0.05, 0) is 84.9 Å². The van der Waals surface area contributed by atoms with E-state index in [1.54, 1.807) is 159 Å². The van der Waals surface area contributed by atoms with Crippen molar-refractivity contribution in [1.82, 2.24) is 40.1 Å². The van der Waals surface area contributed by atoms with E-state index in [0.717, 1.165) is 20.7 Å². The van der Waals surface area contributed by atoms with E-state index in [9.17, 15) is 24.0 Å². The third-order valence-corrected chi connectivity index (χ3v) is 10.00. The molecule has 0 radical (unpaired) electrons. The molecule has 4 aromatic heterocycles. The molecule has 5 aromatic carbocycles. The molecule has 0 atom stereocenters. The van der Waals surface area contributed by atoms with Gasteiger partial charge in [-0.25, -0.2) is 24.8 Å². The molecule has 0 fully saturated rings. The van der Waals surface area contributed by atoms with Crippen LogP contribution in [0.15, 0.2) is 176 Å². The summed E-state index contributed by atoms with van der Waals surface area (Å²) in [5, 5.41) is 3.91. The number of imide groups is 2. The SMILES string of the molecule is CN(C(=O)c1ccccc1)C(=O)c1cc(Oc2ccc3nc(N(C(=O)c4ccccc4)C(=O)c4ccccc4)ncc3c2)ccn1.CNC(=O)c1cc(Oc2ccc3nc(N)ncc3c2)ccn1. The van der Waals surface area contributed by atoms with Crippen molar-refractivity contribution in [3.05, 3.63) is 205 Å². The van der Waals surface area contributed by atoms with Gasteiger partial charge < -0.3 is 20.5 Å². The van der Waals surface area contributed by atoms with Crippen LogP contribution in [0, 0.1) is 0 Å². The maximum absolute atomic E-state index is 13.5. The average Bonchev–Trinajstić information content (AvgIpc) is 3.39. The summed E-state index contributed by atoms with van der Waals surface area (Å²) >= 11 is 0. The Labute approximate surface area is 387 Å². The summed E-state index contributed by atoms with van der Waals surface area (Å²) < 4.78 is 11.7. The van der Waals surface area contributed by atoms with Crippen molar-refractivity contribution < 1.29 is 33.4 Å². The standard InChI is InChI=1S/C36H25N5O5.C15H13N5O2/c1-40(32(42)24-11-5-2-6-12-24)35(45)31-22-29(19-20-37-31)46-28-17-18-30-27(21-28)23-38-36(39-30)41(33(43)25-13-7-3-8-14-25)34(44)26-15-9-4-10-16-26;1-17-14(21)13-7-11(4-5-18-13)22-10-2-3-12-9(6-10)8-19-15(16)20-12/h2-23H,1H3;2-8H,1H3,(H,17,21)(H2,16,19,20). The van der Waals surface area contributed by atoms with Gasteiger partial charge in [-0.15, -0.1) is 0 Å². The third kappa shape index (κ3) is 10.4. The predicted octanol–water partition coefficient (Wildman–Crippen LogP) is 7.98. The fourth-order valence-electron chi connectivity index (χ4n) is 6.58. The van der Waals surface area contributed by atoms with Gasteiger partial charge >= 0.3 is 0 Å². The molecular formula is C51H38N10O7. The number of hydrogen-bond acceptors (Lipinski definition) is 14. The van der Waals surface area contributed by atoms with Crippen LogP contribution < -0.4 is 25.4 Å². The van der Waals surface area contributed by atoms with Gasteiger partial charge in [-0.2, -0.15) is 0 Å². The molecule has 9 rings (SSSR count). The monoisotopic (exact) mass is 902 g/mol. The Bertz CT molecular complexity index is 3270. The number of rotatable bonds is 10. The van der Waals surface area contributed by atoms with E-state index in [0.29, 0.717) is 50.6 Å². The van der Waals surface area contributed by atoms with Gasteiger partial charge in [0.15, 0.2) is 0 Å². The summed E-state index contributed by atoms with van der Waals surface area (Å²) in [6.07, 6.45) is 6.07. The highest BCUT2D eigenvalue weighted by Crippen LogP contribution is 2.28. The molecule has 0 saturated carbocycles. The highest BCUT2D eigenvalue weighted by molar-refractivity contribution is 6.25. The van der Waals surface area contributed by atoms with Crippen molar-refractivity contribution >= 4 is 63.2 Å². The van der Waals surface area contributed by atoms with Crippen LogP contribution in [0.4, 0.5) is 11.9 Å². The van der Waals surface area contributed by atoms with E-state index in [1.807, 2.05) is 0 Å². The van der Waals surface area contributed by atoms with Gasteiger partial charge in [-0.1, -0.05) is 54.6 Å². The number of nitrogens with two attached hydrogens (primary N) is 1. The first-order chi connectivity index (χ1) is 33.0. The number of carbonyl (C=O) groups is 5. The van der Waals surface area contributed by atoms with Gasteiger partial charge in [0, 0.05) is 78.5 Å². The minimum Gasteiger partial charge on any atom is -0.457 e. The second-order valence-corrected chi connectivity index (χ2v) is 14.6. The van der Waals surface area contributed by atoms with Crippen LogP contribution in [0.25, 0.3) is 21.8 Å². The van der Waals surface area contributed by atoms with Gasteiger partial charge in [0.1, 0.15) is 34.4 Å². The van der Waals surface area contributed by atoms with E-state index in [1.165, 1.54) is 31.7 Å². The summed E-state index contributed by atoms with van der Waals surface area (Å²) in [5.41, 5.74) is 8.07. The number of hydrogen-bond donors (Lipinski definition) is 2. The lowest BCUT2D eigenvalue weighted by atomic mass is 10.1. The molecule has 9 aromatic rings. The van der Waals surface area contributed by atoms with Crippen molar-refractivity contribution in [3.8, 4) is 23.0 Å². The lowest BCUT2D eigenvalue weighted by Crippen LogP contribution is -2.38. The molecule has 4 heterocycles. The fourth-order valence-corrected chi connectivity index (χ4v) is 6.58. The molecule has 68 heavy (non-hydrogen) atoms. The Morgan fingerprint density at radius 1 is 0.500 bits per heavy atom. The zero-order valence-electron chi connectivity index (χ0n) is 36.3. The zero-order valence-corrected chi connectivity index (χ0v) is 36.3. The molecule has 0 aliphatic heterocycles. The molecule has 17 heteroatoms. The van der Waals surface area contributed by atoms with Crippen LogP contribution in [0.5, 0.6) is 23.0 Å². The second kappa shape index (κ2) is 20.4. The Hall–Kier alpha value is -9.77. The van der Waals surface area contributed by atoms with Gasteiger partial charge in [0.05, 0.1) is 11.0 Å². The molecule has 0 unspecified atom stereocenters. The summed E-state index contributed by atoms with van der Waals surface area (Å²) in [7, 11) is 2.94. The lowest BCUT2D eigenvalue weighted by Gasteiger charge is -2.19. The molecule has 0 bridgehead atoms. The van der Waals surface area contributed by atoms with Crippen LogP contribution in [-0.2, 0) is 0 Å². The Kier molecular flexibility index (Phi) is 13.4. The number of nitrogen functional groups attached to an aromatic ring is 1. The average molecular weight is 903 g/mol. The number of fused-ring (bicyclic) bond motifs is 2. The highest BCUT2D eigenvalue weighted by Gasteiger charge is 2.29. The normalized spacial score (nSPS) is 10.6. The van der Waals surface area contributed by atoms with Crippen molar-refractivity contribution in [2.75, 3.05) is 24.7 Å². The number of nitrogens with zero attached hydrogens (tertiary/aromatic N) is 8. The Balaban J connectivity index is 0.000000237. The first-order valence-corrected chi connectivity index (χ1v) is 20.7. The summed E-state index contributed by atoms with van der Waals surface area (Å²) in [6, 6.07) is 42.1. The molecule has 334 valence electrons. The van der Waals surface area contributed by atoms with Crippen molar-refractivity contribution in [2.45, 2.75) is 0 Å². The van der Waals surface area contributed by atoms with Gasteiger partial charge in [-0.3, -0.25) is 38.8 Å². The maximum Gasteiger partial charge on any atom is 0.279 e. The molecule has 17 nitrogen and oxygen atoms in total. The Morgan fingerprint density at radius 2 is 0.956 bits per heavy atom. The smallest absolute Gasteiger partial charge is 0.279 e. The lowest BCUT2D eigenvalue weighted by molar-refractivity contribution is 0.0651. The molecule has 0 saturated heterocycles. The van der Waals surface area contributed by atoms with Crippen molar-refractivity contribution in [2.24, 2.45) is 0 Å². The Morgan fingerprint density at radius 3 is 1.49 bits per heavy atom. The van der Waals surface area contributed by atoms with E-state index in [4.69, 9.17) is 15.2 Å². The van der Waals surface area contributed by atoms with Crippen LogP contribution in [0.1, 0.15) is 52.1 Å². The minimum atomic E-state index is -0.585. The molecule has 3 N–H and O–H groups in total. The summed E-state index contributed by atoms with van der Waals surface area (Å²) in [5.74, 6) is -0.419. The number of carbonyl (C=O) groups excluding carboxylic acids is 5. The fraction of sp³-hybridized carbons (Fsp3) is 0.0392.